The molecule has 3 heteroatoms. The van der Waals surface area contributed by atoms with Crippen LogP contribution in [0, 0.1) is 0 Å². The molecule has 1 fully saturated rings. The maximum atomic E-state index is 13.2. The molecule has 0 saturated carbocycles. The Kier molecular flexibility index (Phi) is 7.05. The fraction of sp³-hybridized carbons (Fsp3) is 0.458. The highest BCUT2D eigenvalue weighted by atomic mass is 16.5. The quantitative estimate of drug-likeness (QED) is 0.505. The summed E-state index contributed by atoms with van der Waals surface area (Å²) >= 11 is 0. The van der Waals surface area contributed by atoms with E-state index in [0.717, 1.165) is 57.3 Å². The Morgan fingerprint density at radius 3 is 2.48 bits per heavy atom. The van der Waals surface area contributed by atoms with Gasteiger partial charge in [-0.2, -0.15) is 0 Å². The van der Waals surface area contributed by atoms with Crippen LogP contribution in [0.15, 0.2) is 60.7 Å². The van der Waals surface area contributed by atoms with Crippen LogP contribution in [0.4, 0.5) is 0 Å². The molecule has 0 radical (unpaired) electrons. The summed E-state index contributed by atoms with van der Waals surface area (Å²) < 4.78 is 5.82. The predicted octanol–water partition coefficient (Wildman–Crippen LogP) is 4.61. The van der Waals surface area contributed by atoms with Crippen LogP contribution in [0.25, 0.3) is 0 Å². The largest absolute Gasteiger partial charge is 0.465 e. The van der Waals surface area contributed by atoms with Gasteiger partial charge in [0.1, 0.15) is 5.41 Å². The second-order valence-electron chi connectivity index (χ2n) is 7.55. The van der Waals surface area contributed by atoms with Crippen LogP contribution in [0.2, 0.25) is 0 Å². The van der Waals surface area contributed by atoms with E-state index in [9.17, 15) is 4.79 Å². The molecular weight excluding hydrogens is 334 g/mol. The fourth-order valence-corrected chi connectivity index (χ4v) is 4.15. The van der Waals surface area contributed by atoms with Crippen LogP contribution in [-0.4, -0.2) is 37.1 Å². The van der Waals surface area contributed by atoms with Crippen LogP contribution in [0.1, 0.15) is 43.7 Å². The molecule has 1 saturated heterocycles. The van der Waals surface area contributed by atoms with Gasteiger partial charge in [0.25, 0.3) is 0 Å². The summed E-state index contributed by atoms with van der Waals surface area (Å²) in [6.45, 7) is 5.55. The Morgan fingerprint density at radius 1 is 1.07 bits per heavy atom. The molecule has 0 aliphatic carbocycles. The van der Waals surface area contributed by atoms with E-state index in [1.54, 1.807) is 0 Å². The molecule has 2 aromatic carbocycles. The van der Waals surface area contributed by atoms with Gasteiger partial charge in [-0.3, -0.25) is 4.79 Å². The first-order valence-corrected chi connectivity index (χ1v) is 10.2. The molecule has 0 spiro atoms. The number of likely N-dealkylation sites (tertiary alicyclic amines) is 1. The zero-order valence-corrected chi connectivity index (χ0v) is 16.4. The molecule has 0 bridgehead atoms. The van der Waals surface area contributed by atoms with E-state index < -0.39 is 5.41 Å². The standard InChI is InChI=1S/C24H31NO2/c1-2-17-25-18-10-16-24(20-25,22-14-7-4-8-15-22)23(26)27-19-9-13-21-11-5-3-6-12-21/h3-8,11-12,14-15H,2,9-10,13,16-20H2,1H3. The molecule has 1 unspecified atom stereocenters. The maximum Gasteiger partial charge on any atom is 0.317 e. The number of piperidine rings is 1. The van der Waals surface area contributed by atoms with Crippen molar-refractivity contribution in [2.75, 3.05) is 26.2 Å². The summed E-state index contributed by atoms with van der Waals surface area (Å²) in [6.07, 6.45) is 4.81. The summed E-state index contributed by atoms with van der Waals surface area (Å²) in [5, 5.41) is 0. The minimum Gasteiger partial charge on any atom is -0.465 e. The monoisotopic (exact) mass is 365 g/mol. The highest BCUT2D eigenvalue weighted by Gasteiger charge is 2.44. The van der Waals surface area contributed by atoms with Gasteiger partial charge in [0.05, 0.1) is 6.61 Å². The lowest BCUT2D eigenvalue weighted by Crippen LogP contribution is -2.51. The number of esters is 1. The summed E-state index contributed by atoms with van der Waals surface area (Å²) in [5.41, 5.74) is 1.86. The fourth-order valence-electron chi connectivity index (χ4n) is 4.15. The highest BCUT2D eigenvalue weighted by Crippen LogP contribution is 2.35. The van der Waals surface area contributed by atoms with Gasteiger partial charge in [0, 0.05) is 6.54 Å². The van der Waals surface area contributed by atoms with E-state index >= 15 is 0 Å². The number of ether oxygens (including phenoxy) is 1. The Hall–Kier alpha value is -2.13. The first kappa shape index (κ1) is 19.6. The van der Waals surface area contributed by atoms with Crippen molar-refractivity contribution in [2.24, 2.45) is 0 Å². The second-order valence-corrected chi connectivity index (χ2v) is 7.55. The van der Waals surface area contributed by atoms with Gasteiger partial charge >= 0.3 is 5.97 Å². The van der Waals surface area contributed by atoms with Gasteiger partial charge in [-0.05, 0) is 56.3 Å². The maximum absolute atomic E-state index is 13.2. The Balaban J connectivity index is 1.66. The van der Waals surface area contributed by atoms with Crippen LogP contribution >= 0.6 is 0 Å². The lowest BCUT2D eigenvalue weighted by molar-refractivity contribution is -0.153. The molecule has 0 amide bonds. The van der Waals surface area contributed by atoms with E-state index in [0.29, 0.717) is 6.61 Å². The number of hydrogen-bond donors (Lipinski definition) is 0. The number of carbonyl (C=O) groups is 1. The number of nitrogens with zero attached hydrogens (tertiary/aromatic N) is 1. The van der Waals surface area contributed by atoms with Gasteiger partial charge in [-0.15, -0.1) is 0 Å². The molecule has 3 rings (SSSR count). The molecule has 1 heterocycles. The molecule has 3 nitrogen and oxygen atoms in total. The van der Waals surface area contributed by atoms with E-state index in [-0.39, 0.29) is 5.97 Å². The van der Waals surface area contributed by atoms with Gasteiger partial charge in [-0.1, -0.05) is 67.6 Å². The lowest BCUT2D eigenvalue weighted by atomic mass is 9.74. The molecule has 1 aliphatic heterocycles. The van der Waals surface area contributed by atoms with Crippen molar-refractivity contribution in [3.63, 3.8) is 0 Å². The SMILES string of the molecule is CCCN1CCCC(C(=O)OCCCc2ccccc2)(c2ccccc2)C1. The molecule has 2 aromatic rings. The van der Waals surface area contributed by atoms with Gasteiger partial charge in [0.15, 0.2) is 0 Å². The van der Waals surface area contributed by atoms with Gasteiger partial charge in [0.2, 0.25) is 0 Å². The molecule has 1 aliphatic rings. The number of benzene rings is 2. The summed E-state index contributed by atoms with van der Waals surface area (Å²) in [6, 6.07) is 20.6. The van der Waals surface area contributed by atoms with Crippen LogP contribution < -0.4 is 0 Å². The number of rotatable bonds is 8. The number of carbonyl (C=O) groups excluding carboxylic acids is 1. The average Bonchev–Trinajstić information content (AvgIpc) is 2.73. The first-order chi connectivity index (χ1) is 13.2. The van der Waals surface area contributed by atoms with Gasteiger partial charge < -0.3 is 9.64 Å². The third kappa shape index (κ3) is 4.98. The van der Waals surface area contributed by atoms with Crippen molar-refractivity contribution in [1.82, 2.24) is 4.90 Å². The van der Waals surface area contributed by atoms with Crippen molar-refractivity contribution in [1.29, 1.82) is 0 Å². The molecule has 1 atom stereocenters. The normalized spacial score (nSPS) is 20.3. The highest BCUT2D eigenvalue weighted by molar-refractivity contribution is 5.83. The summed E-state index contributed by atoms with van der Waals surface area (Å²) in [5.74, 6) is -0.0532. The predicted molar refractivity (Wildman–Crippen MR) is 110 cm³/mol. The number of aryl methyl sites for hydroxylation is 1. The molecular formula is C24H31NO2. The van der Waals surface area contributed by atoms with E-state index in [1.165, 1.54) is 5.56 Å². The second kappa shape index (κ2) is 9.70. The van der Waals surface area contributed by atoms with E-state index in [1.807, 2.05) is 24.3 Å². The van der Waals surface area contributed by atoms with Crippen molar-refractivity contribution in [3.05, 3.63) is 71.8 Å². The third-order valence-electron chi connectivity index (χ3n) is 5.51. The molecule has 0 aromatic heterocycles. The van der Waals surface area contributed by atoms with Crippen molar-refractivity contribution in [3.8, 4) is 0 Å². The summed E-state index contributed by atoms with van der Waals surface area (Å²) in [7, 11) is 0. The van der Waals surface area contributed by atoms with Crippen LogP contribution in [-0.2, 0) is 21.4 Å². The Morgan fingerprint density at radius 2 is 1.78 bits per heavy atom. The number of hydrogen-bond acceptors (Lipinski definition) is 3. The van der Waals surface area contributed by atoms with E-state index in [4.69, 9.17) is 4.74 Å². The topological polar surface area (TPSA) is 29.5 Å². The van der Waals surface area contributed by atoms with Crippen molar-refractivity contribution >= 4 is 5.97 Å². The minimum atomic E-state index is -0.526. The van der Waals surface area contributed by atoms with Crippen molar-refractivity contribution < 1.29 is 9.53 Å². The molecule has 144 valence electrons. The zero-order valence-electron chi connectivity index (χ0n) is 16.4. The Labute approximate surface area is 163 Å². The van der Waals surface area contributed by atoms with Crippen molar-refractivity contribution in [2.45, 2.75) is 44.4 Å². The first-order valence-electron chi connectivity index (χ1n) is 10.2. The molecule has 0 N–H and O–H groups in total. The average molecular weight is 366 g/mol. The van der Waals surface area contributed by atoms with Gasteiger partial charge in [-0.25, -0.2) is 0 Å². The van der Waals surface area contributed by atoms with Crippen LogP contribution in [0.3, 0.4) is 0 Å². The smallest absolute Gasteiger partial charge is 0.317 e. The Bertz CT molecular complexity index is 699. The minimum absolute atomic E-state index is 0.0532. The zero-order chi connectivity index (χ0) is 19.0. The van der Waals surface area contributed by atoms with E-state index in [2.05, 4.69) is 48.2 Å². The molecule has 27 heavy (non-hydrogen) atoms. The summed E-state index contributed by atoms with van der Waals surface area (Å²) in [4.78, 5) is 15.7. The lowest BCUT2D eigenvalue weighted by Gasteiger charge is -2.41. The third-order valence-corrected chi connectivity index (χ3v) is 5.51. The van der Waals surface area contributed by atoms with Crippen LogP contribution in [0.5, 0.6) is 0 Å².